The van der Waals surface area contributed by atoms with Crippen LogP contribution >= 0.6 is 0 Å². The second-order valence-corrected chi connectivity index (χ2v) is 9.29. The summed E-state index contributed by atoms with van der Waals surface area (Å²) < 4.78 is 13.5. The first-order valence-electron chi connectivity index (χ1n) is 11.8. The number of carbonyl (C=O) groups is 1. The average Bonchev–Trinajstić information content (AvgIpc) is 2.88. The molecule has 1 saturated heterocycles. The number of piperazine rings is 1. The Bertz CT molecular complexity index is 1080. The first kappa shape index (κ1) is 23.7. The van der Waals surface area contributed by atoms with Gasteiger partial charge in [-0.3, -0.25) is 4.79 Å². The Labute approximate surface area is 201 Å². The maximum absolute atomic E-state index is 13.5. The molecule has 1 aliphatic heterocycles. The van der Waals surface area contributed by atoms with Crippen molar-refractivity contribution >= 4 is 23.2 Å². The van der Waals surface area contributed by atoms with Crippen LogP contribution in [0.4, 0.5) is 21.7 Å². The van der Waals surface area contributed by atoms with Crippen molar-refractivity contribution in [1.29, 1.82) is 0 Å². The molecule has 1 amide bonds. The van der Waals surface area contributed by atoms with Gasteiger partial charge < -0.3 is 14.7 Å². The normalized spacial score (nSPS) is 14.2. The van der Waals surface area contributed by atoms with E-state index in [1.807, 2.05) is 63.5 Å². The van der Waals surface area contributed by atoms with E-state index in [9.17, 15) is 9.18 Å². The number of benzene rings is 1. The molecule has 3 heterocycles. The second-order valence-electron chi connectivity index (χ2n) is 9.29. The lowest BCUT2D eigenvalue weighted by atomic mass is 9.88. The fourth-order valence-corrected chi connectivity index (χ4v) is 4.00. The highest BCUT2D eigenvalue weighted by Gasteiger charge is 2.31. The number of hydrogen-bond donors (Lipinski definition) is 0. The molecule has 1 aromatic carbocycles. The van der Waals surface area contributed by atoms with Crippen molar-refractivity contribution in [2.75, 3.05) is 40.9 Å². The lowest BCUT2D eigenvalue weighted by Crippen LogP contribution is -2.47. The molecule has 0 saturated carbocycles. The van der Waals surface area contributed by atoms with Crippen LogP contribution in [0.3, 0.4) is 0 Å². The number of halogens is 1. The number of hydrogen-bond acceptors (Lipinski definition) is 5. The summed E-state index contributed by atoms with van der Waals surface area (Å²) in [6.45, 7) is 9.79. The van der Waals surface area contributed by atoms with Gasteiger partial charge in [-0.15, -0.1) is 0 Å². The minimum atomic E-state index is -0.519. The second kappa shape index (κ2) is 10.2. The molecule has 178 valence electrons. The highest BCUT2D eigenvalue weighted by Crippen LogP contribution is 2.29. The van der Waals surface area contributed by atoms with Crippen LogP contribution in [-0.2, 0) is 11.3 Å². The third kappa shape index (κ3) is 5.35. The largest absolute Gasteiger partial charge is 0.353 e. The highest BCUT2D eigenvalue weighted by atomic mass is 19.1. The van der Waals surface area contributed by atoms with Crippen molar-refractivity contribution in [2.24, 2.45) is 5.41 Å². The van der Waals surface area contributed by atoms with Gasteiger partial charge in [-0.05, 0) is 54.4 Å². The molecule has 1 aliphatic rings. The predicted molar refractivity (Wildman–Crippen MR) is 135 cm³/mol. The molecule has 0 spiro atoms. The number of amides is 1. The van der Waals surface area contributed by atoms with Gasteiger partial charge in [0.25, 0.3) is 0 Å². The Morgan fingerprint density at radius 3 is 2.12 bits per heavy atom. The molecular weight excluding hydrogens is 429 g/mol. The Kier molecular flexibility index (Phi) is 7.10. The van der Waals surface area contributed by atoms with Crippen LogP contribution < -0.4 is 14.7 Å². The van der Waals surface area contributed by atoms with Crippen LogP contribution in [0.15, 0.2) is 67.0 Å². The minimum absolute atomic E-state index is 0.0105. The number of rotatable bonds is 7. The van der Waals surface area contributed by atoms with Gasteiger partial charge in [0.05, 0.1) is 6.54 Å². The first-order valence-corrected chi connectivity index (χ1v) is 11.8. The summed E-state index contributed by atoms with van der Waals surface area (Å²) in [6.07, 6.45) is 4.37. The Morgan fingerprint density at radius 2 is 1.59 bits per heavy atom. The van der Waals surface area contributed by atoms with Crippen molar-refractivity contribution < 1.29 is 9.18 Å². The van der Waals surface area contributed by atoms with Crippen molar-refractivity contribution in [1.82, 2.24) is 9.97 Å². The highest BCUT2D eigenvalue weighted by molar-refractivity contribution is 5.97. The van der Waals surface area contributed by atoms with E-state index < -0.39 is 5.41 Å². The van der Waals surface area contributed by atoms with E-state index in [-0.39, 0.29) is 11.7 Å². The molecule has 0 radical (unpaired) electrons. The molecule has 0 atom stereocenters. The summed E-state index contributed by atoms with van der Waals surface area (Å²) in [5.41, 5.74) is 1.10. The quantitative estimate of drug-likeness (QED) is 0.500. The molecule has 3 aromatic rings. The summed E-state index contributed by atoms with van der Waals surface area (Å²) in [7, 11) is 0. The van der Waals surface area contributed by atoms with Crippen molar-refractivity contribution in [3.63, 3.8) is 0 Å². The van der Waals surface area contributed by atoms with Gasteiger partial charge in [0.15, 0.2) is 0 Å². The summed E-state index contributed by atoms with van der Waals surface area (Å²) >= 11 is 0. The molecular formula is C27H32FN5O. The van der Waals surface area contributed by atoms with E-state index in [0.29, 0.717) is 18.7 Å². The van der Waals surface area contributed by atoms with E-state index in [2.05, 4.69) is 14.8 Å². The summed E-state index contributed by atoms with van der Waals surface area (Å²) in [4.78, 5) is 28.8. The third-order valence-corrected chi connectivity index (χ3v) is 6.57. The van der Waals surface area contributed by atoms with Gasteiger partial charge >= 0.3 is 0 Å². The van der Waals surface area contributed by atoms with Crippen molar-refractivity contribution in [3.8, 4) is 0 Å². The zero-order chi connectivity index (χ0) is 24.1. The Morgan fingerprint density at radius 1 is 0.941 bits per heavy atom. The van der Waals surface area contributed by atoms with Gasteiger partial charge in [0, 0.05) is 49.7 Å². The van der Waals surface area contributed by atoms with Crippen LogP contribution in [0.25, 0.3) is 0 Å². The zero-order valence-electron chi connectivity index (χ0n) is 20.1. The maximum atomic E-state index is 13.5. The lowest BCUT2D eigenvalue weighted by molar-refractivity contribution is -0.126. The smallest absolute Gasteiger partial charge is 0.232 e. The standard InChI is InChI=1S/C27H32FN5O/c1-4-27(2,3)26(34)33(23-11-9-22(28)10-12-23)20-21-8-13-25(30-19-21)32-17-15-31(16-18-32)24-7-5-6-14-29-24/h5-14,19H,4,15-18,20H2,1-3H3. The van der Waals surface area contributed by atoms with Crippen LogP contribution in [0.2, 0.25) is 0 Å². The predicted octanol–water partition coefficient (Wildman–Crippen LogP) is 4.91. The molecule has 6 nitrogen and oxygen atoms in total. The van der Waals surface area contributed by atoms with Gasteiger partial charge in [-0.25, -0.2) is 14.4 Å². The molecule has 0 unspecified atom stereocenters. The molecule has 34 heavy (non-hydrogen) atoms. The molecule has 1 fully saturated rings. The number of pyridine rings is 2. The van der Waals surface area contributed by atoms with Gasteiger partial charge in [-0.2, -0.15) is 0 Å². The van der Waals surface area contributed by atoms with Crippen LogP contribution in [-0.4, -0.2) is 42.1 Å². The van der Waals surface area contributed by atoms with Crippen molar-refractivity contribution in [3.05, 3.63) is 78.4 Å². The average molecular weight is 462 g/mol. The zero-order valence-corrected chi connectivity index (χ0v) is 20.1. The topological polar surface area (TPSA) is 52.6 Å². The van der Waals surface area contributed by atoms with E-state index in [1.54, 1.807) is 17.0 Å². The van der Waals surface area contributed by atoms with Crippen LogP contribution in [0, 0.1) is 11.2 Å². The number of carbonyl (C=O) groups excluding carboxylic acids is 1. The van der Waals surface area contributed by atoms with E-state index in [4.69, 9.17) is 4.98 Å². The van der Waals surface area contributed by atoms with Gasteiger partial charge in [-0.1, -0.05) is 32.9 Å². The lowest BCUT2D eigenvalue weighted by Gasteiger charge is -2.36. The van der Waals surface area contributed by atoms with Crippen molar-refractivity contribution in [2.45, 2.75) is 33.7 Å². The van der Waals surface area contributed by atoms with E-state index in [1.165, 1.54) is 12.1 Å². The Balaban J connectivity index is 1.45. The summed E-state index contributed by atoms with van der Waals surface area (Å²) in [5, 5.41) is 0. The number of anilines is 3. The third-order valence-electron chi connectivity index (χ3n) is 6.57. The van der Waals surface area contributed by atoms with E-state index >= 15 is 0 Å². The van der Waals surface area contributed by atoms with Gasteiger partial charge in [0.1, 0.15) is 17.5 Å². The van der Waals surface area contributed by atoms with Crippen LogP contribution in [0.5, 0.6) is 0 Å². The molecule has 7 heteroatoms. The van der Waals surface area contributed by atoms with Gasteiger partial charge in [0.2, 0.25) is 5.91 Å². The minimum Gasteiger partial charge on any atom is -0.353 e. The monoisotopic (exact) mass is 461 g/mol. The summed E-state index contributed by atoms with van der Waals surface area (Å²) in [6, 6.07) is 16.1. The van der Waals surface area contributed by atoms with Crippen LogP contribution in [0.1, 0.15) is 32.8 Å². The SMILES string of the molecule is CCC(C)(C)C(=O)N(Cc1ccc(N2CCN(c3ccccn3)CC2)nc1)c1ccc(F)cc1. The fourth-order valence-electron chi connectivity index (χ4n) is 4.00. The Hall–Kier alpha value is -3.48. The number of aromatic nitrogens is 2. The van der Waals surface area contributed by atoms with E-state index in [0.717, 1.165) is 43.4 Å². The first-order chi connectivity index (χ1) is 16.4. The molecule has 0 aliphatic carbocycles. The maximum Gasteiger partial charge on any atom is 0.232 e. The molecule has 0 N–H and O–H groups in total. The molecule has 4 rings (SSSR count). The number of nitrogens with zero attached hydrogens (tertiary/aromatic N) is 5. The fraction of sp³-hybridized carbons (Fsp3) is 0.370. The summed E-state index contributed by atoms with van der Waals surface area (Å²) in [5.74, 6) is 1.63. The molecule has 2 aromatic heterocycles. The molecule has 0 bridgehead atoms.